The first kappa shape index (κ1) is 20.6. The molecule has 0 bridgehead atoms. The summed E-state index contributed by atoms with van der Waals surface area (Å²) in [6.07, 6.45) is 1.70. The van der Waals surface area contributed by atoms with Gasteiger partial charge in [-0.2, -0.15) is 0 Å². The number of imide groups is 1. The summed E-state index contributed by atoms with van der Waals surface area (Å²) in [5.41, 5.74) is 1.89. The third-order valence-corrected chi connectivity index (χ3v) is 6.20. The van der Waals surface area contributed by atoms with Crippen LogP contribution in [0.1, 0.15) is 39.1 Å². The summed E-state index contributed by atoms with van der Waals surface area (Å²) in [4.78, 5) is 40.8. The first-order chi connectivity index (χ1) is 14.5. The lowest BCUT2D eigenvalue weighted by molar-refractivity contribution is -0.122. The Morgan fingerprint density at radius 2 is 1.57 bits per heavy atom. The number of hydrogen-bond acceptors (Lipinski definition) is 4. The molecule has 4 rings (SSSR count). The SMILES string of the molecule is O=C(CN1CCC(CN2C(=O)c3ccccc3C2=O)CC1)NCc1ccccc1Cl. The monoisotopic (exact) mass is 425 g/mol. The Balaban J connectivity index is 1.23. The summed E-state index contributed by atoms with van der Waals surface area (Å²) < 4.78 is 0. The number of halogens is 1. The Bertz CT molecular complexity index is 935. The van der Waals surface area contributed by atoms with Crippen LogP contribution in [0.5, 0.6) is 0 Å². The number of nitrogens with zero attached hydrogens (tertiary/aromatic N) is 2. The first-order valence-corrected chi connectivity index (χ1v) is 10.6. The zero-order chi connectivity index (χ0) is 21.1. The molecule has 0 spiro atoms. The number of rotatable bonds is 6. The molecule has 2 aliphatic heterocycles. The number of carbonyl (C=O) groups excluding carboxylic acids is 3. The van der Waals surface area contributed by atoms with E-state index in [0.29, 0.717) is 35.8 Å². The number of fused-ring (bicyclic) bond motifs is 1. The molecule has 1 saturated heterocycles. The fourth-order valence-corrected chi connectivity index (χ4v) is 4.29. The number of nitrogens with one attached hydrogen (secondary N) is 1. The van der Waals surface area contributed by atoms with Crippen molar-refractivity contribution < 1.29 is 14.4 Å². The molecule has 1 N–H and O–H groups in total. The molecule has 2 aromatic carbocycles. The fourth-order valence-electron chi connectivity index (χ4n) is 4.08. The van der Waals surface area contributed by atoms with Crippen molar-refractivity contribution in [2.45, 2.75) is 19.4 Å². The predicted molar refractivity (Wildman–Crippen MR) is 114 cm³/mol. The van der Waals surface area contributed by atoms with Crippen molar-refractivity contribution >= 4 is 29.3 Å². The zero-order valence-electron chi connectivity index (χ0n) is 16.6. The van der Waals surface area contributed by atoms with E-state index in [2.05, 4.69) is 10.2 Å². The fraction of sp³-hybridized carbons (Fsp3) is 0.348. The molecule has 2 aromatic rings. The number of hydrogen-bond donors (Lipinski definition) is 1. The van der Waals surface area contributed by atoms with E-state index >= 15 is 0 Å². The Hall–Kier alpha value is -2.70. The smallest absolute Gasteiger partial charge is 0.261 e. The van der Waals surface area contributed by atoms with Gasteiger partial charge < -0.3 is 5.32 Å². The number of piperidine rings is 1. The molecule has 6 nitrogen and oxygen atoms in total. The Kier molecular flexibility index (Phi) is 6.16. The Morgan fingerprint density at radius 1 is 0.967 bits per heavy atom. The molecule has 0 radical (unpaired) electrons. The van der Waals surface area contributed by atoms with E-state index < -0.39 is 0 Å². The molecule has 0 atom stereocenters. The van der Waals surface area contributed by atoms with Gasteiger partial charge >= 0.3 is 0 Å². The third-order valence-electron chi connectivity index (χ3n) is 5.83. The van der Waals surface area contributed by atoms with Crippen LogP contribution in [0.25, 0.3) is 0 Å². The van der Waals surface area contributed by atoms with Crippen molar-refractivity contribution in [3.05, 3.63) is 70.2 Å². The van der Waals surface area contributed by atoms with E-state index in [1.165, 1.54) is 4.90 Å². The second kappa shape index (κ2) is 8.98. The molecular weight excluding hydrogens is 402 g/mol. The van der Waals surface area contributed by atoms with Crippen molar-refractivity contribution in [3.63, 3.8) is 0 Å². The number of carbonyl (C=O) groups is 3. The van der Waals surface area contributed by atoms with Gasteiger partial charge in [0.2, 0.25) is 5.91 Å². The Labute approximate surface area is 180 Å². The van der Waals surface area contributed by atoms with E-state index in [1.54, 1.807) is 24.3 Å². The summed E-state index contributed by atoms with van der Waals surface area (Å²) in [6.45, 7) is 2.73. The standard InChI is InChI=1S/C23H24ClN3O3/c24-20-8-4-1-5-17(20)13-25-21(28)15-26-11-9-16(10-12-26)14-27-22(29)18-6-2-3-7-19(18)23(27)30/h1-8,16H,9-15H2,(H,25,28). The first-order valence-electron chi connectivity index (χ1n) is 10.2. The number of benzene rings is 2. The van der Waals surface area contributed by atoms with E-state index in [9.17, 15) is 14.4 Å². The molecule has 7 heteroatoms. The maximum absolute atomic E-state index is 12.5. The van der Waals surface area contributed by atoms with Crippen LogP contribution in [0.3, 0.4) is 0 Å². The minimum absolute atomic E-state index is 0.0336. The normalized spacial score (nSPS) is 17.3. The maximum Gasteiger partial charge on any atom is 0.261 e. The molecule has 156 valence electrons. The van der Waals surface area contributed by atoms with Gasteiger partial charge in [0.15, 0.2) is 0 Å². The van der Waals surface area contributed by atoms with Gasteiger partial charge in [0.25, 0.3) is 11.8 Å². The van der Waals surface area contributed by atoms with Gasteiger partial charge in [-0.25, -0.2) is 0 Å². The highest BCUT2D eigenvalue weighted by atomic mass is 35.5. The second-order valence-corrected chi connectivity index (χ2v) is 8.26. The lowest BCUT2D eigenvalue weighted by atomic mass is 9.96. The minimum Gasteiger partial charge on any atom is -0.351 e. The van der Waals surface area contributed by atoms with Crippen LogP contribution in [-0.2, 0) is 11.3 Å². The van der Waals surface area contributed by atoms with Crippen LogP contribution in [0.2, 0.25) is 5.02 Å². The van der Waals surface area contributed by atoms with Crippen LogP contribution in [0.15, 0.2) is 48.5 Å². The second-order valence-electron chi connectivity index (χ2n) is 7.85. The highest BCUT2D eigenvalue weighted by Gasteiger charge is 2.36. The molecule has 30 heavy (non-hydrogen) atoms. The molecular formula is C23H24ClN3O3. The van der Waals surface area contributed by atoms with Crippen LogP contribution >= 0.6 is 11.6 Å². The molecule has 0 aliphatic carbocycles. The molecule has 2 aliphatic rings. The molecule has 0 unspecified atom stereocenters. The van der Waals surface area contributed by atoms with Gasteiger partial charge in [-0.15, -0.1) is 0 Å². The van der Waals surface area contributed by atoms with Crippen LogP contribution < -0.4 is 5.32 Å². The van der Waals surface area contributed by atoms with Crippen molar-refractivity contribution in [2.24, 2.45) is 5.92 Å². The van der Waals surface area contributed by atoms with Crippen molar-refractivity contribution in [2.75, 3.05) is 26.2 Å². The predicted octanol–water partition coefficient (Wildman–Crippen LogP) is 2.96. The summed E-state index contributed by atoms with van der Waals surface area (Å²) in [5.74, 6) is -0.169. The third kappa shape index (κ3) is 4.40. The van der Waals surface area contributed by atoms with Crippen LogP contribution in [0.4, 0.5) is 0 Å². The quantitative estimate of drug-likeness (QED) is 0.722. The molecule has 0 aromatic heterocycles. The van der Waals surface area contributed by atoms with Crippen LogP contribution in [-0.4, -0.2) is 53.7 Å². The van der Waals surface area contributed by atoms with Gasteiger partial charge in [0.1, 0.15) is 0 Å². The number of amides is 3. The topological polar surface area (TPSA) is 69.7 Å². The number of likely N-dealkylation sites (tertiary alicyclic amines) is 1. The molecule has 3 amide bonds. The molecule has 1 fully saturated rings. The maximum atomic E-state index is 12.5. The van der Waals surface area contributed by atoms with E-state index in [0.717, 1.165) is 31.5 Å². The zero-order valence-corrected chi connectivity index (χ0v) is 17.4. The summed E-state index contributed by atoms with van der Waals surface area (Å²) in [5, 5.41) is 3.56. The van der Waals surface area contributed by atoms with Crippen molar-refractivity contribution in [1.82, 2.24) is 15.1 Å². The highest BCUT2D eigenvalue weighted by molar-refractivity contribution is 6.31. The van der Waals surface area contributed by atoms with Crippen molar-refractivity contribution in [1.29, 1.82) is 0 Å². The van der Waals surface area contributed by atoms with Gasteiger partial charge in [-0.05, 0) is 55.6 Å². The van der Waals surface area contributed by atoms with Crippen molar-refractivity contribution in [3.8, 4) is 0 Å². The van der Waals surface area contributed by atoms with E-state index in [-0.39, 0.29) is 23.6 Å². The summed E-state index contributed by atoms with van der Waals surface area (Å²) in [6, 6.07) is 14.4. The lowest BCUT2D eigenvalue weighted by Gasteiger charge is -2.33. The highest BCUT2D eigenvalue weighted by Crippen LogP contribution is 2.26. The van der Waals surface area contributed by atoms with E-state index in [4.69, 9.17) is 11.6 Å². The molecule has 0 saturated carbocycles. The average Bonchev–Trinajstić information content (AvgIpc) is 3.00. The summed E-state index contributed by atoms with van der Waals surface area (Å²) >= 11 is 6.12. The van der Waals surface area contributed by atoms with Gasteiger partial charge in [-0.1, -0.05) is 41.9 Å². The summed E-state index contributed by atoms with van der Waals surface area (Å²) in [7, 11) is 0. The van der Waals surface area contributed by atoms with Gasteiger partial charge in [0.05, 0.1) is 17.7 Å². The average molecular weight is 426 g/mol. The molecule has 2 heterocycles. The largest absolute Gasteiger partial charge is 0.351 e. The lowest BCUT2D eigenvalue weighted by Crippen LogP contribution is -2.44. The van der Waals surface area contributed by atoms with Gasteiger partial charge in [0, 0.05) is 18.1 Å². The Morgan fingerprint density at radius 3 is 2.20 bits per heavy atom. The minimum atomic E-state index is -0.197. The van der Waals surface area contributed by atoms with Crippen LogP contribution in [0, 0.1) is 5.92 Å². The van der Waals surface area contributed by atoms with Gasteiger partial charge in [-0.3, -0.25) is 24.2 Å². The van der Waals surface area contributed by atoms with E-state index in [1.807, 2.05) is 24.3 Å².